The van der Waals surface area contributed by atoms with E-state index >= 15 is 0 Å². The summed E-state index contributed by atoms with van der Waals surface area (Å²) in [5.41, 5.74) is 2.04. The molecule has 2 aromatic rings. The molecule has 0 radical (unpaired) electrons. The molecule has 1 N–H and O–H groups in total. The lowest BCUT2D eigenvalue weighted by atomic mass is 9.83. The monoisotopic (exact) mass is 355 g/mol. The fourth-order valence-corrected chi connectivity index (χ4v) is 3.64. The molecule has 1 saturated carbocycles. The van der Waals surface area contributed by atoms with Crippen LogP contribution in [-0.4, -0.2) is 31.8 Å². The number of halogens is 3. The minimum Gasteiger partial charge on any atom is -0.367 e. The van der Waals surface area contributed by atoms with Crippen LogP contribution in [0.25, 0.3) is 5.78 Å². The van der Waals surface area contributed by atoms with E-state index in [1.807, 2.05) is 6.92 Å². The van der Waals surface area contributed by atoms with Crippen molar-refractivity contribution in [1.82, 2.24) is 19.6 Å². The number of alkyl halides is 3. The lowest BCUT2D eigenvalue weighted by Gasteiger charge is -2.30. The number of nitrogens with one attached hydrogen (secondary N) is 1. The van der Waals surface area contributed by atoms with Crippen molar-refractivity contribution in [2.24, 2.45) is 5.92 Å². The summed E-state index contributed by atoms with van der Waals surface area (Å²) in [6, 6.07) is 0.250. The number of aromatic nitrogens is 4. The highest BCUT2D eigenvalue weighted by Gasteiger charge is 2.30. The zero-order valence-corrected chi connectivity index (χ0v) is 14.6. The van der Waals surface area contributed by atoms with Crippen LogP contribution in [0.1, 0.15) is 56.7 Å². The van der Waals surface area contributed by atoms with Crippen LogP contribution in [0.15, 0.2) is 6.33 Å². The van der Waals surface area contributed by atoms with E-state index in [9.17, 15) is 13.2 Å². The molecule has 8 heteroatoms. The average molecular weight is 355 g/mol. The smallest absolute Gasteiger partial charge is 0.367 e. The molecule has 2 aromatic heterocycles. The van der Waals surface area contributed by atoms with Gasteiger partial charge in [-0.2, -0.15) is 27.8 Å². The molecular formula is C17H24F3N5. The van der Waals surface area contributed by atoms with Crippen LogP contribution in [-0.2, 0) is 6.42 Å². The summed E-state index contributed by atoms with van der Waals surface area (Å²) in [7, 11) is 0. The third-order valence-corrected chi connectivity index (χ3v) is 5.12. The van der Waals surface area contributed by atoms with Gasteiger partial charge in [-0.3, -0.25) is 0 Å². The number of anilines is 1. The number of fused-ring (bicyclic) bond motifs is 1. The van der Waals surface area contributed by atoms with Crippen LogP contribution in [0.4, 0.5) is 19.0 Å². The van der Waals surface area contributed by atoms with Crippen molar-refractivity contribution in [3.8, 4) is 0 Å². The summed E-state index contributed by atoms with van der Waals surface area (Å²) in [6.45, 7) is 4.07. The summed E-state index contributed by atoms with van der Waals surface area (Å²) in [6.07, 6.45) is 1.26. The molecule has 5 nitrogen and oxygen atoms in total. The minimum atomic E-state index is -4.04. The number of rotatable bonds is 5. The lowest BCUT2D eigenvalue weighted by Crippen LogP contribution is -2.28. The van der Waals surface area contributed by atoms with Crippen LogP contribution in [0.5, 0.6) is 0 Å². The molecule has 0 aromatic carbocycles. The highest BCUT2D eigenvalue weighted by molar-refractivity contribution is 5.52. The Morgan fingerprint density at radius 2 is 1.96 bits per heavy atom. The molecule has 2 heterocycles. The summed E-state index contributed by atoms with van der Waals surface area (Å²) < 4.78 is 38.8. The van der Waals surface area contributed by atoms with Crippen LogP contribution >= 0.6 is 0 Å². The fourth-order valence-electron chi connectivity index (χ4n) is 3.64. The third-order valence-electron chi connectivity index (χ3n) is 5.12. The van der Waals surface area contributed by atoms with E-state index in [-0.39, 0.29) is 18.4 Å². The first-order chi connectivity index (χ1) is 11.9. The first-order valence-electron chi connectivity index (χ1n) is 8.90. The van der Waals surface area contributed by atoms with Crippen LogP contribution in [0.2, 0.25) is 0 Å². The van der Waals surface area contributed by atoms with Gasteiger partial charge in [0.1, 0.15) is 12.1 Å². The van der Waals surface area contributed by atoms with E-state index < -0.39 is 12.6 Å². The van der Waals surface area contributed by atoms with E-state index in [0.29, 0.717) is 5.78 Å². The Labute approximate surface area is 145 Å². The number of hydrogen-bond acceptors (Lipinski definition) is 4. The molecule has 1 aliphatic carbocycles. The van der Waals surface area contributed by atoms with Crippen LogP contribution in [0, 0.1) is 12.8 Å². The molecule has 0 atom stereocenters. The van der Waals surface area contributed by atoms with Gasteiger partial charge in [0.15, 0.2) is 0 Å². The van der Waals surface area contributed by atoms with Gasteiger partial charge in [-0.25, -0.2) is 4.98 Å². The Morgan fingerprint density at radius 3 is 2.60 bits per heavy atom. The highest BCUT2D eigenvalue weighted by Crippen LogP contribution is 2.33. The Kier molecular flexibility index (Phi) is 5.15. The minimum absolute atomic E-state index is 0.177. The summed E-state index contributed by atoms with van der Waals surface area (Å²) >= 11 is 0. The first-order valence-corrected chi connectivity index (χ1v) is 8.90. The Bertz CT molecular complexity index is 717. The van der Waals surface area contributed by atoms with Gasteiger partial charge in [0, 0.05) is 18.0 Å². The van der Waals surface area contributed by atoms with Gasteiger partial charge >= 0.3 is 6.18 Å². The molecule has 1 fully saturated rings. The van der Waals surface area contributed by atoms with Crippen molar-refractivity contribution in [2.45, 2.75) is 71.0 Å². The Balaban J connectivity index is 1.65. The van der Waals surface area contributed by atoms with Gasteiger partial charge in [0.2, 0.25) is 0 Å². The predicted molar refractivity (Wildman–Crippen MR) is 89.6 cm³/mol. The SMILES string of the molecule is CCc1nc2ncnn2c(NC2CCC(CCC(F)(F)F)CC2)c1C. The molecule has 0 unspecified atom stereocenters. The average Bonchev–Trinajstić information content (AvgIpc) is 3.04. The molecule has 0 saturated heterocycles. The van der Waals surface area contributed by atoms with Crippen molar-refractivity contribution < 1.29 is 13.2 Å². The molecule has 0 aliphatic heterocycles. The predicted octanol–water partition coefficient (Wildman–Crippen LogP) is 4.31. The van der Waals surface area contributed by atoms with Gasteiger partial charge in [-0.05, 0) is 51.4 Å². The Hall–Kier alpha value is -1.86. The van der Waals surface area contributed by atoms with Crippen LogP contribution < -0.4 is 5.32 Å². The molecule has 0 bridgehead atoms. The quantitative estimate of drug-likeness (QED) is 0.868. The maximum atomic E-state index is 12.4. The zero-order valence-electron chi connectivity index (χ0n) is 14.6. The molecule has 25 heavy (non-hydrogen) atoms. The second kappa shape index (κ2) is 7.17. The van der Waals surface area contributed by atoms with Crippen molar-refractivity contribution >= 4 is 11.6 Å². The Morgan fingerprint density at radius 1 is 1.24 bits per heavy atom. The van der Waals surface area contributed by atoms with Gasteiger partial charge < -0.3 is 5.32 Å². The molecule has 3 rings (SSSR count). The van der Waals surface area contributed by atoms with E-state index in [1.54, 1.807) is 4.52 Å². The lowest BCUT2D eigenvalue weighted by molar-refractivity contribution is -0.138. The molecule has 1 aliphatic rings. The standard InChI is InChI=1S/C17H24F3N5/c1-3-14-11(2)15(25-16(24-14)21-10-22-25)23-13-6-4-12(5-7-13)8-9-17(18,19)20/h10,12-13,23H,3-9H2,1-2H3. The van der Waals surface area contributed by atoms with Crippen molar-refractivity contribution in [1.29, 1.82) is 0 Å². The fraction of sp³-hybridized carbons (Fsp3) is 0.706. The summed E-state index contributed by atoms with van der Waals surface area (Å²) in [5.74, 6) is 1.65. The van der Waals surface area contributed by atoms with Crippen molar-refractivity contribution in [3.63, 3.8) is 0 Å². The summed E-state index contributed by atoms with van der Waals surface area (Å²) in [5, 5.41) is 7.79. The van der Waals surface area contributed by atoms with Crippen molar-refractivity contribution in [2.75, 3.05) is 5.32 Å². The molecule has 0 spiro atoms. The maximum absolute atomic E-state index is 12.4. The number of aryl methyl sites for hydroxylation is 1. The maximum Gasteiger partial charge on any atom is 0.389 e. The highest BCUT2D eigenvalue weighted by atomic mass is 19.4. The molecule has 0 amide bonds. The topological polar surface area (TPSA) is 55.1 Å². The molecule has 138 valence electrons. The number of nitrogens with zero attached hydrogens (tertiary/aromatic N) is 4. The van der Waals surface area contributed by atoms with E-state index in [2.05, 4.69) is 27.3 Å². The summed E-state index contributed by atoms with van der Waals surface area (Å²) in [4.78, 5) is 8.68. The second-order valence-corrected chi connectivity index (χ2v) is 6.87. The molecular weight excluding hydrogens is 331 g/mol. The third kappa shape index (κ3) is 4.22. The van der Waals surface area contributed by atoms with E-state index in [0.717, 1.165) is 49.2 Å². The van der Waals surface area contributed by atoms with Gasteiger partial charge in [0.05, 0.1) is 5.69 Å². The van der Waals surface area contributed by atoms with Crippen LogP contribution in [0.3, 0.4) is 0 Å². The first kappa shape index (κ1) is 17.9. The van der Waals surface area contributed by atoms with Gasteiger partial charge in [0.25, 0.3) is 5.78 Å². The number of hydrogen-bond donors (Lipinski definition) is 1. The zero-order chi connectivity index (χ0) is 18.0. The van der Waals surface area contributed by atoms with Gasteiger partial charge in [-0.15, -0.1) is 0 Å². The second-order valence-electron chi connectivity index (χ2n) is 6.87. The largest absolute Gasteiger partial charge is 0.389 e. The van der Waals surface area contributed by atoms with E-state index in [4.69, 9.17) is 0 Å². The van der Waals surface area contributed by atoms with E-state index in [1.165, 1.54) is 6.33 Å². The normalized spacial score (nSPS) is 21.6. The van der Waals surface area contributed by atoms with Gasteiger partial charge in [-0.1, -0.05) is 6.92 Å². The van der Waals surface area contributed by atoms with Crippen molar-refractivity contribution in [3.05, 3.63) is 17.6 Å².